The van der Waals surface area contributed by atoms with Crippen LogP contribution in [0.1, 0.15) is 37.4 Å². The number of halogens is 2. The summed E-state index contributed by atoms with van der Waals surface area (Å²) in [7, 11) is -3.40. The smallest absolute Gasteiger partial charge is 0.254 e. The third-order valence-electron chi connectivity index (χ3n) is 6.99. The second-order valence-electron chi connectivity index (χ2n) is 9.81. The summed E-state index contributed by atoms with van der Waals surface area (Å²) in [4.78, 5) is 28.3. The zero-order chi connectivity index (χ0) is 28.6. The topological polar surface area (TPSA) is 117 Å². The van der Waals surface area contributed by atoms with Gasteiger partial charge in [0.2, 0.25) is 0 Å². The Hall–Kier alpha value is -3.37. The lowest BCUT2D eigenvalue weighted by atomic mass is 9.95. The van der Waals surface area contributed by atoms with E-state index in [4.69, 9.17) is 27.6 Å². The number of fused-ring (bicyclic) bond motifs is 2. The Bertz CT molecular complexity index is 1730. The maximum absolute atomic E-state index is 13.2. The number of hydrogen-bond donors (Lipinski definition) is 2. The Morgan fingerprint density at radius 3 is 2.67 bits per heavy atom. The number of amides is 2. The molecule has 0 saturated heterocycles. The minimum Gasteiger partial charge on any atom is -0.464 e. The second kappa shape index (κ2) is 11.2. The van der Waals surface area contributed by atoms with Crippen LogP contribution < -0.4 is 5.32 Å². The van der Waals surface area contributed by atoms with Gasteiger partial charge in [0.1, 0.15) is 5.58 Å². The standard InChI is InChI=1S/C29H26Cl2N2O6S/c1-40(37,38)22-4-2-3-17(12-22)11-21(16-34)32-28(35)26-24(30)13-20-15-33(9-7-23(20)27(26)31)29(36)19-6-5-18-8-10-39-25(18)14-19/h2-6,8,10,12-14,21,34H,7,9,11,15-16H2,1H3,(H,32,35)/t21-/m0/s1. The van der Waals surface area contributed by atoms with Gasteiger partial charge < -0.3 is 19.7 Å². The molecule has 8 nitrogen and oxygen atoms in total. The Balaban J connectivity index is 1.32. The fourth-order valence-corrected chi connectivity index (χ4v) is 6.37. The van der Waals surface area contributed by atoms with Gasteiger partial charge in [-0.05, 0) is 65.9 Å². The number of aliphatic hydroxyl groups is 1. The highest BCUT2D eigenvalue weighted by atomic mass is 35.5. The number of aliphatic hydroxyl groups excluding tert-OH is 1. The van der Waals surface area contributed by atoms with E-state index in [0.29, 0.717) is 29.7 Å². The molecule has 0 fully saturated rings. The van der Waals surface area contributed by atoms with Crippen LogP contribution in [0.5, 0.6) is 0 Å². The lowest BCUT2D eigenvalue weighted by molar-refractivity contribution is 0.0734. The van der Waals surface area contributed by atoms with Crippen molar-refractivity contribution in [1.82, 2.24) is 10.2 Å². The van der Waals surface area contributed by atoms with E-state index >= 15 is 0 Å². The first kappa shape index (κ1) is 28.2. The minimum absolute atomic E-state index is 0.0912. The van der Waals surface area contributed by atoms with Gasteiger partial charge in [0, 0.05) is 30.3 Å². The molecular formula is C29H26Cl2N2O6S. The fourth-order valence-electron chi connectivity index (χ4n) is 4.91. The molecule has 1 aliphatic rings. The first-order valence-corrected chi connectivity index (χ1v) is 15.2. The number of carbonyl (C=O) groups excluding carboxylic acids is 2. The third kappa shape index (κ3) is 5.74. The van der Waals surface area contributed by atoms with Gasteiger partial charge in [0.05, 0.1) is 39.4 Å². The average molecular weight is 602 g/mol. The molecule has 1 atom stereocenters. The number of nitrogens with zero attached hydrogens (tertiary/aromatic N) is 1. The van der Waals surface area contributed by atoms with Crippen molar-refractivity contribution in [3.8, 4) is 0 Å². The van der Waals surface area contributed by atoms with Gasteiger partial charge in [0.25, 0.3) is 11.8 Å². The van der Waals surface area contributed by atoms with Crippen molar-refractivity contribution < 1.29 is 27.5 Å². The highest BCUT2D eigenvalue weighted by molar-refractivity contribution is 7.90. The van der Waals surface area contributed by atoms with Crippen LogP contribution in [0.2, 0.25) is 10.0 Å². The number of sulfone groups is 1. The molecule has 5 rings (SSSR count). The summed E-state index contributed by atoms with van der Waals surface area (Å²) in [6.07, 6.45) is 3.33. The highest BCUT2D eigenvalue weighted by Crippen LogP contribution is 2.35. The Morgan fingerprint density at radius 2 is 1.93 bits per heavy atom. The summed E-state index contributed by atoms with van der Waals surface area (Å²) in [6.45, 7) is 0.303. The van der Waals surface area contributed by atoms with Crippen LogP contribution in [0.3, 0.4) is 0 Å². The molecule has 0 radical (unpaired) electrons. The SMILES string of the molecule is CS(=O)(=O)c1cccc(C[C@@H](CO)NC(=O)c2c(Cl)cc3c(c2Cl)CCN(C(=O)c2ccc4ccoc4c2)C3)c1. The maximum atomic E-state index is 13.2. The molecule has 40 heavy (non-hydrogen) atoms. The number of benzene rings is 3. The summed E-state index contributed by atoms with van der Waals surface area (Å²) in [5.41, 5.74) is 3.37. The zero-order valence-electron chi connectivity index (χ0n) is 21.5. The molecule has 0 bridgehead atoms. The summed E-state index contributed by atoms with van der Waals surface area (Å²) < 4.78 is 29.2. The summed E-state index contributed by atoms with van der Waals surface area (Å²) in [6, 6.07) is 14.4. The van der Waals surface area contributed by atoms with E-state index in [0.717, 1.165) is 22.8 Å². The van der Waals surface area contributed by atoms with Crippen LogP contribution in [0.4, 0.5) is 0 Å². The molecule has 208 valence electrons. The molecular weight excluding hydrogens is 575 g/mol. The van der Waals surface area contributed by atoms with Gasteiger partial charge in [-0.15, -0.1) is 0 Å². The highest BCUT2D eigenvalue weighted by Gasteiger charge is 2.28. The predicted octanol–water partition coefficient (Wildman–Crippen LogP) is 4.68. The summed E-state index contributed by atoms with van der Waals surface area (Å²) >= 11 is 13.2. The molecule has 2 heterocycles. The van der Waals surface area contributed by atoms with Crippen LogP contribution in [0, 0.1) is 0 Å². The van der Waals surface area contributed by atoms with Gasteiger partial charge >= 0.3 is 0 Å². The molecule has 4 aromatic rings. The molecule has 1 aliphatic heterocycles. The number of carbonyl (C=O) groups is 2. The Kier molecular flexibility index (Phi) is 7.92. The van der Waals surface area contributed by atoms with Crippen LogP contribution in [-0.2, 0) is 29.2 Å². The quantitative estimate of drug-likeness (QED) is 0.318. The second-order valence-corrected chi connectivity index (χ2v) is 12.6. The monoisotopic (exact) mass is 600 g/mol. The molecule has 0 unspecified atom stereocenters. The van der Waals surface area contributed by atoms with E-state index in [1.54, 1.807) is 41.5 Å². The molecule has 2 amide bonds. The first-order chi connectivity index (χ1) is 19.0. The van der Waals surface area contributed by atoms with Crippen LogP contribution in [-0.4, -0.2) is 55.7 Å². The van der Waals surface area contributed by atoms with Crippen LogP contribution >= 0.6 is 23.2 Å². The van der Waals surface area contributed by atoms with Gasteiger partial charge in [-0.3, -0.25) is 9.59 Å². The largest absolute Gasteiger partial charge is 0.464 e. The summed E-state index contributed by atoms with van der Waals surface area (Å²) in [5.74, 6) is -0.704. The van der Waals surface area contributed by atoms with Crippen molar-refractivity contribution >= 4 is 55.8 Å². The van der Waals surface area contributed by atoms with Crippen molar-refractivity contribution in [2.24, 2.45) is 0 Å². The van der Waals surface area contributed by atoms with Gasteiger partial charge in [-0.1, -0.05) is 41.4 Å². The number of hydrogen-bond acceptors (Lipinski definition) is 6. The van der Waals surface area contributed by atoms with E-state index in [9.17, 15) is 23.1 Å². The van der Waals surface area contributed by atoms with Crippen molar-refractivity contribution in [2.75, 3.05) is 19.4 Å². The molecule has 3 aromatic carbocycles. The van der Waals surface area contributed by atoms with Gasteiger partial charge in [0.15, 0.2) is 9.84 Å². The van der Waals surface area contributed by atoms with Crippen molar-refractivity contribution in [3.05, 3.63) is 98.7 Å². The lowest BCUT2D eigenvalue weighted by Crippen LogP contribution is -2.40. The van der Waals surface area contributed by atoms with Crippen molar-refractivity contribution in [1.29, 1.82) is 0 Å². The fraction of sp³-hybridized carbons (Fsp3) is 0.241. The van der Waals surface area contributed by atoms with E-state index in [2.05, 4.69) is 5.32 Å². The molecule has 1 aromatic heterocycles. The zero-order valence-corrected chi connectivity index (χ0v) is 23.8. The minimum atomic E-state index is -3.40. The van der Waals surface area contributed by atoms with Crippen LogP contribution in [0.25, 0.3) is 11.0 Å². The normalized spacial score (nSPS) is 14.2. The number of rotatable bonds is 7. The number of nitrogens with one attached hydrogen (secondary N) is 1. The molecule has 0 spiro atoms. The average Bonchev–Trinajstić information content (AvgIpc) is 3.39. The molecule has 0 saturated carbocycles. The molecule has 0 aliphatic carbocycles. The van der Waals surface area contributed by atoms with E-state index in [1.165, 1.54) is 12.1 Å². The lowest BCUT2D eigenvalue weighted by Gasteiger charge is -2.30. The first-order valence-electron chi connectivity index (χ1n) is 12.5. The van der Waals surface area contributed by atoms with E-state index < -0.39 is 21.8 Å². The van der Waals surface area contributed by atoms with Crippen molar-refractivity contribution in [2.45, 2.75) is 30.3 Å². The summed E-state index contributed by atoms with van der Waals surface area (Å²) in [5, 5.41) is 13.9. The third-order valence-corrected chi connectivity index (χ3v) is 8.81. The number of furan rings is 1. The maximum Gasteiger partial charge on any atom is 0.254 e. The van der Waals surface area contributed by atoms with Gasteiger partial charge in [-0.25, -0.2) is 8.42 Å². The molecule has 2 N–H and O–H groups in total. The Labute approximate surface area is 241 Å². The van der Waals surface area contributed by atoms with Crippen LogP contribution in [0.15, 0.2) is 70.2 Å². The van der Waals surface area contributed by atoms with Gasteiger partial charge in [-0.2, -0.15) is 0 Å². The Morgan fingerprint density at radius 1 is 1.12 bits per heavy atom. The predicted molar refractivity (Wildman–Crippen MR) is 153 cm³/mol. The van der Waals surface area contributed by atoms with E-state index in [1.807, 2.05) is 12.1 Å². The van der Waals surface area contributed by atoms with Crippen molar-refractivity contribution in [3.63, 3.8) is 0 Å². The molecule has 11 heteroatoms. The van der Waals surface area contributed by atoms with E-state index in [-0.39, 0.29) is 46.0 Å².